The molecule has 0 radical (unpaired) electrons. The number of rotatable bonds is 9. The number of halogens is 1. The molecule has 0 spiro atoms. The molecule has 3 N–H and O–H groups in total. The summed E-state index contributed by atoms with van der Waals surface area (Å²) in [6.45, 7) is 8.65. The van der Waals surface area contributed by atoms with Gasteiger partial charge in [0.2, 0.25) is 17.7 Å². The molecular weight excluding hydrogens is 710 g/mol. The largest absolute Gasteiger partial charge is 0.495 e. The van der Waals surface area contributed by atoms with E-state index in [9.17, 15) is 23.4 Å². The van der Waals surface area contributed by atoms with Crippen molar-refractivity contribution in [3.05, 3.63) is 76.8 Å². The number of methoxy groups -OCH3 is 1. The van der Waals surface area contributed by atoms with Crippen LogP contribution in [0.4, 0.5) is 0 Å². The predicted octanol–water partition coefficient (Wildman–Crippen LogP) is 4.17. The second kappa shape index (κ2) is 17.8. The second-order valence-corrected chi connectivity index (χ2v) is 16.3. The summed E-state index contributed by atoms with van der Waals surface area (Å²) >= 11 is 6.34. The van der Waals surface area contributed by atoms with Gasteiger partial charge in [-0.3, -0.25) is 18.6 Å². The maximum absolute atomic E-state index is 13.9. The van der Waals surface area contributed by atoms with E-state index in [1.54, 1.807) is 38.1 Å². The van der Waals surface area contributed by atoms with Crippen molar-refractivity contribution in [3.63, 3.8) is 0 Å². The minimum Gasteiger partial charge on any atom is -0.495 e. The highest BCUT2D eigenvalue weighted by atomic mass is 35.5. The Morgan fingerprint density at radius 2 is 1.71 bits per heavy atom. The number of hydrogen-bond acceptors (Lipinski definition) is 9. The van der Waals surface area contributed by atoms with Crippen LogP contribution in [0.3, 0.4) is 0 Å². The zero-order valence-electron chi connectivity index (χ0n) is 30.7. The fourth-order valence-corrected chi connectivity index (χ4v) is 6.94. The van der Waals surface area contributed by atoms with Crippen molar-refractivity contribution < 1.29 is 42.3 Å². The zero-order chi connectivity index (χ0) is 38.2. The lowest BCUT2D eigenvalue weighted by atomic mass is 9.89. The number of nitrogens with one attached hydrogen (secondary N) is 3. The van der Waals surface area contributed by atoms with Crippen molar-refractivity contribution in [2.75, 3.05) is 25.7 Å². The molecule has 284 valence electrons. The average molecular weight is 760 g/mol. The van der Waals surface area contributed by atoms with E-state index in [-0.39, 0.29) is 31.6 Å². The van der Waals surface area contributed by atoms with E-state index in [2.05, 4.69) is 16.0 Å². The lowest BCUT2D eigenvalue weighted by Crippen LogP contribution is -2.54. The molecule has 7 atom stereocenters. The smallest absolute Gasteiger partial charge is 0.328 e. The van der Waals surface area contributed by atoms with E-state index in [4.69, 9.17) is 30.5 Å². The summed E-state index contributed by atoms with van der Waals surface area (Å²) in [5.74, 6) is -3.09. The number of carbonyl (C=O) groups is 4. The van der Waals surface area contributed by atoms with E-state index >= 15 is 0 Å². The van der Waals surface area contributed by atoms with Crippen LogP contribution in [-0.2, 0) is 50.6 Å². The van der Waals surface area contributed by atoms with E-state index in [1.165, 1.54) is 19.4 Å². The summed E-state index contributed by atoms with van der Waals surface area (Å²) < 4.78 is 36.2. The topological polar surface area (TPSA) is 158 Å². The van der Waals surface area contributed by atoms with Gasteiger partial charge >= 0.3 is 5.97 Å². The molecule has 3 amide bonds. The van der Waals surface area contributed by atoms with Crippen molar-refractivity contribution in [2.24, 2.45) is 11.3 Å². The Hall–Kier alpha value is -3.78. The number of hydrogen-bond donors (Lipinski definition) is 3. The van der Waals surface area contributed by atoms with Gasteiger partial charge in [0.05, 0.1) is 23.7 Å². The standard InChI is InChI=1S/C38H50ClN3O9S/c1-23(32-33(51-38(4,5)50-32)25-12-9-8-10-13-25)29-14-11-15-31(43)41-28(21-24-16-17-30(48-6)26(39)20-24)34(44)40-22-37(2,3)36(46)42-27(35(45)49-29)18-19-52(7)47/h8-13,15-17,20,23,27-29,32-33H,14,18-19,21-22H2,1-7H3,(H,40,44)(H,41,43)(H,42,46)/b15-11+/t23-,27-,28+,29-,32+,33+,52?/m0/s1. The fraction of sp³-hybridized carbons (Fsp3) is 0.526. The van der Waals surface area contributed by atoms with Crippen LogP contribution in [-0.4, -0.2) is 83.6 Å². The third-order valence-corrected chi connectivity index (χ3v) is 10.3. The minimum absolute atomic E-state index is 0.0602. The van der Waals surface area contributed by atoms with Gasteiger partial charge in [0.1, 0.15) is 30.0 Å². The number of amides is 3. The summed E-state index contributed by atoms with van der Waals surface area (Å²) in [4.78, 5) is 54.4. The molecular formula is C38H50ClN3O9S. The summed E-state index contributed by atoms with van der Waals surface area (Å²) in [5, 5.41) is 8.69. The second-order valence-electron chi connectivity index (χ2n) is 14.3. The van der Waals surface area contributed by atoms with E-state index < -0.39 is 82.0 Å². The van der Waals surface area contributed by atoms with Gasteiger partial charge in [-0.25, -0.2) is 4.79 Å². The molecule has 2 heterocycles. The van der Waals surface area contributed by atoms with Crippen molar-refractivity contribution >= 4 is 46.1 Å². The summed E-state index contributed by atoms with van der Waals surface area (Å²) in [6.07, 6.45) is 2.78. The van der Waals surface area contributed by atoms with Gasteiger partial charge in [-0.2, -0.15) is 0 Å². The molecule has 2 aromatic carbocycles. The first-order chi connectivity index (χ1) is 24.5. The number of benzene rings is 2. The third-order valence-electron chi connectivity index (χ3n) is 9.16. The highest BCUT2D eigenvalue weighted by Gasteiger charge is 2.47. The molecule has 2 aliphatic heterocycles. The van der Waals surface area contributed by atoms with Crippen LogP contribution in [0.2, 0.25) is 5.02 Å². The first-order valence-electron chi connectivity index (χ1n) is 17.3. The van der Waals surface area contributed by atoms with Crippen molar-refractivity contribution in [1.29, 1.82) is 0 Å². The highest BCUT2D eigenvalue weighted by molar-refractivity contribution is 7.84. The van der Waals surface area contributed by atoms with Gasteiger partial charge in [-0.15, -0.1) is 0 Å². The normalized spacial score (nSPS) is 27.3. The maximum atomic E-state index is 13.9. The maximum Gasteiger partial charge on any atom is 0.328 e. The molecule has 2 aliphatic rings. The molecule has 1 saturated heterocycles. The Morgan fingerprint density at radius 3 is 2.37 bits per heavy atom. The van der Waals surface area contributed by atoms with Crippen LogP contribution in [0.5, 0.6) is 5.75 Å². The molecule has 0 aromatic heterocycles. The molecule has 12 nitrogen and oxygen atoms in total. The Kier molecular flexibility index (Phi) is 14.1. The van der Waals surface area contributed by atoms with E-state index in [0.717, 1.165) is 5.56 Å². The molecule has 52 heavy (non-hydrogen) atoms. The third kappa shape index (κ3) is 11.1. The molecule has 4 rings (SSSR count). The molecule has 1 fully saturated rings. The predicted molar refractivity (Wildman–Crippen MR) is 198 cm³/mol. The summed E-state index contributed by atoms with van der Waals surface area (Å²) in [5.41, 5.74) is 0.373. The van der Waals surface area contributed by atoms with E-state index in [1.807, 2.05) is 51.1 Å². The number of esters is 1. The molecule has 0 saturated carbocycles. The van der Waals surface area contributed by atoms with Gasteiger partial charge in [0, 0.05) is 48.1 Å². The Balaban J connectivity index is 1.68. The van der Waals surface area contributed by atoms with Crippen LogP contribution in [0.1, 0.15) is 64.7 Å². The Labute approximate surface area is 313 Å². The lowest BCUT2D eigenvalue weighted by Gasteiger charge is -2.32. The van der Waals surface area contributed by atoms with Gasteiger partial charge < -0.3 is 34.9 Å². The molecule has 14 heteroatoms. The first kappa shape index (κ1) is 41.0. The van der Waals surface area contributed by atoms with Crippen molar-refractivity contribution in [2.45, 2.75) is 90.1 Å². The molecule has 0 aliphatic carbocycles. The Bertz CT molecular complexity index is 1650. The van der Waals surface area contributed by atoms with Crippen LogP contribution < -0.4 is 20.7 Å². The average Bonchev–Trinajstić information content (AvgIpc) is 3.42. The quantitative estimate of drug-likeness (QED) is 0.319. The monoisotopic (exact) mass is 759 g/mol. The van der Waals surface area contributed by atoms with Crippen LogP contribution in [0.25, 0.3) is 0 Å². The van der Waals surface area contributed by atoms with Crippen molar-refractivity contribution in [3.8, 4) is 5.75 Å². The number of ether oxygens (including phenoxy) is 4. The van der Waals surface area contributed by atoms with E-state index in [0.29, 0.717) is 16.3 Å². The lowest BCUT2D eigenvalue weighted by molar-refractivity contribution is -0.165. The number of carbonyl (C=O) groups excluding carboxylic acids is 4. The van der Waals surface area contributed by atoms with Gasteiger partial charge in [-0.05, 0) is 63.5 Å². The van der Waals surface area contributed by atoms with Gasteiger partial charge in [0.25, 0.3) is 0 Å². The zero-order valence-corrected chi connectivity index (χ0v) is 32.3. The number of cyclic esters (lactones) is 1. The van der Waals surface area contributed by atoms with Gasteiger partial charge in [-0.1, -0.05) is 61.0 Å². The molecule has 1 unspecified atom stereocenters. The van der Waals surface area contributed by atoms with Crippen LogP contribution in [0, 0.1) is 11.3 Å². The summed E-state index contributed by atoms with van der Waals surface area (Å²) in [7, 11) is 0.240. The van der Waals surface area contributed by atoms with Crippen LogP contribution >= 0.6 is 11.6 Å². The first-order valence-corrected chi connectivity index (χ1v) is 19.4. The SMILES string of the molecule is COc1ccc(C[C@H]2NC(=O)/C=C/C[C@@H]([C@H](C)[C@H]3OC(C)(C)O[C@@H]3c3ccccc3)OC(=O)[C@H](CCS(C)=O)NC(=O)C(C)(C)CNC2=O)cc1Cl. The minimum atomic E-state index is -1.26. The highest BCUT2D eigenvalue weighted by Crippen LogP contribution is 2.43. The fourth-order valence-electron chi connectivity index (χ4n) is 6.10. The Morgan fingerprint density at radius 1 is 1.00 bits per heavy atom. The van der Waals surface area contributed by atoms with Gasteiger partial charge in [0.15, 0.2) is 5.79 Å². The molecule has 2 aromatic rings. The van der Waals surface area contributed by atoms with Crippen LogP contribution in [0.15, 0.2) is 60.7 Å². The van der Waals surface area contributed by atoms with Crippen molar-refractivity contribution in [1.82, 2.24) is 16.0 Å². The molecule has 0 bridgehead atoms. The summed E-state index contributed by atoms with van der Waals surface area (Å²) in [6, 6.07) is 12.5.